The number of carbonyl (C=O) groups is 1. The molecule has 1 heterocycles. The second-order valence-corrected chi connectivity index (χ2v) is 5.76. The number of hydrogen-bond donors (Lipinski definition) is 0. The second kappa shape index (κ2) is 6.14. The summed E-state index contributed by atoms with van der Waals surface area (Å²) in [5, 5.41) is 0.281. The van der Waals surface area contributed by atoms with Crippen molar-refractivity contribution in [3.63, 3.8) is 0 Å². The Morgan fingerprint density at radius 3 is 2.17 bits per heavy atom. The molecule has 18 heavy (non-hydrogen) atoms. The summed E-state index contributed by atoms with van der Waals surface area (Å²) in [4.78, 5) is 14.0. The molecule has 1 aliphatic rings. The molecule has 1 aliphatic heterocycles. The van der Waals surface area contributed by atoms with Crippen molar-refractivity contribution in [3.8, 4) is 0 Å². The molecule has 0 N–H and O–H groups in total. The molecule has 0 saturated carbocycles. The molecule has 0 spiro atoms. The van der Waals surface area contributed by atoms with Crippen molar-refractivity contribution in [2.45, 2.75) is 24.6 Å². The van der Waals surface area contributed by atoms with Crippen LogP contribution in [0.15, 0.2) is 18.2 Å². The minimum absolute atomic E-state index is 0.0605. The normalized spacial score (nSPS) is 17.6. The Hall–Kier alpha value is -0.440. The highest BCUT2D eigenvalue weighted by atomic mass is 35.5. The average Bonchev–Trinajstić information content (AvgIpc) is 2.37. The predicted octanol–water partition coefficient (Wildman–Crippen LogP) is 4.29. The monoisotopic (exact) mass is 305 g/mol. The van der Waals surface area contributed by atoms with Crippen LogP contribution in [0.25, 0.3) is 0 Å². The molecular weight excluding hydrogens is 293 g/mol. The Labute approximate surface area is 122 Å². The lowest BCUT2D eigenvalue weighted by Crippen LogP contribution is -2.37. The first-order chi connectivity index (χ1) is 8.58. The molecule has 2 nitrogen and oxygen atoms in total. The van der Waals surface area contributed by atoms with Gasteiger partial charge in [0.15, 0.2) is 0 Å². The number of amides is 1. The van der Waals surface area contributed by atoms with Crippen molar-refractivity contribution in [2.24, 2.45) is 0 Å². The summed E-state index contributed by atoms with van der Waals surface area (Å²) in [7, 11) is 0. The lowest BCUT2D eigenvalue weighted by molar-refractivity contribution is -0.131. The number of hydrogen-bond acceptors (Lipinski definition) is 1. The molecule has 1 fully saturated rings. The topological polar surface area (TPSA) is 20.3 Å². The van der Waals surface area contributed by atoms with Gasteiger partial charge in [-0.05, 0) is 43.0 Å². The number of benzene rings is 1. The highest BCUT2D eigenvalue weighted by Crippen LogP contribution is 2.29. The van der Waals surface area contributed by atoms with Crippen LogP contribution < -0.4 is 0 Å². The number of nitrogens with zero attached hydrogens (tertiary/aromatic N) is 1. The van der Waals surface area contributed by atoms with Gasteiger partial charge >= 0.3 is 0 Å². The number of halogens is 3. The largest absolute Gasteiger partial charge is 0.341 e. The summed E-state index contributed by atoms with van der Waals surface area (Å²) in [6.07, 6.45) is 3.27. The summed E-state index contributed by atoms with van der Waals surface area (Å²) in [5.41, 5.74) is 0.657. The second-order valence-electron chi connectivity index (χ2n) is 4.45. The van der Waals surface area contributed by atoms with Gasteiger partial charge in [-0.2, -0.15) is 0 Å². The van der Waals surface area contributed by atoms with E-state index in [1.165, 1.54) is 6.42 Å². The zero-order valence-electron chi connectivity index (χ0n) is 9.83. The first kappa shape index (κ1) is 14.0. The number of rotatable bonds is 2. The SMILES string of the molecule is O=C(C(Cl)c1cc(Cl)cc(Cl)c1)N1CCCCC1. The third-order valence-corrected chi connectivity index (χ3v) is 3.94. The van der Waals surface area contributed by atoms with Gasteiger partial charge in [0, 0.05) is 23.1 Å². The van der Waals surface area contributed by atoms with E-state index >= 15 is 0 Å². The minimum atomic E-state index is -0.709. The fourth-order valence-corrected chi connectivity index (χ4v) is 2.95. The van der Waals surface area contributed by atoms with E-state index in [9.17, 15) is 4.79 Å². The van der Waals surface area contributed by atoms with Crippen molar-refractivity contribution in [3.05, 3.63) is 33.8 Å². The van der Waals surface area contributed by atoms with Gasteiger partial charge in [0.25, 0.3) is 0 Å². The molecule has 1 atom stereocenters. The van der Waals surface area contributed by atoms with Crippen LogP contribution in [0.3, 0.4) is 0 Å². The van der Waals surface area contributed by atoms with Crippen LogP contribution in [-0.4, -0.2) is 23.9 Å². The molecule has 1 aromatic carbocycles. The fourth-order valence-electron chi connectivity index (χ4n) is 2.14. The minimum Gasteiger partial charge on any atom is -0.341 e. The molecule has 1 saturated heterocycles. The summed E-state index contributed by atoms with van der Waals surface area (Å²) in [6.45, 7) is 1.58. The van der Waals surface area contributed by atoms with Crippen LogP contribution in [-0.2, 0) is 4.79 Å². The van der Waals surface area contributed by atoms with Crippen molar-refractivity contribution < 1.29 is 4.79 Å². The van der Waals surface area contributed by atoms with E-state index in [0.29, 0.717) is 15.6 Å². The highest BCUT2D eigenvalue weighted by molar-refractivity contribution is 6.35. The number of alkyl halides is 1. The Morgan fingerprint density at radius 2 is 1.61 bits per heavy atom. The zero-order valence-corrected chi connectivity index (χ0v) is 12.1. The van der Waals surface area contributed by atoms with Gasteiger partial charge in [0.2, 0.25) is 5.91 Å². The molecule has 5 heteroatoms. The van der Waals surface area contributed by atoms with Gasteiger partial charge < -0.3 is 4.90 Å². The van der Waals surface area contributed by atoms with Crippen molar-refractivity contribution >= 4 is 40.7 Å². The molecule has 1 unspecified atom stereocenters. The van der Waals surface area contributed by atoms with Gasteiger partial charge in [-0.3, -0.25) is 4.79 Å². The maximum atomic E-state index is 12.2. The third-order valence-electron chi connectivity index (χ3n) is 3.06. The quantitative estimate of drug-likeness (QED) is 0.747. The molecule has 98 valence electrons. The Bertz CT molecular complexity index is 424. The summed E-state index contributed by atoms with van der Waals surface area (Å²) < 4.78 is 0. The first-order valence-corrected chi connectivity index (χ1v) is 7.16. The lowest BCUT2D eigenvalue weighted by Gasteiger charge is -2.28. The summed E-state index contributed by atoms with van der Waals surface area (Å²) in [5.74, 6) is -0.0605. The Balaban J connectivity index is 2.14. The van der Waals surface area contributed by atoms with E-state index in [2.05, 4.69) is 0 Å². The number of carbonyl (C=O) groups excluding carboxylic acids is 1. The smallest absolute Gasteiger partial charge is 0.245 e. The van der Waals surface area contributed by atoms with Crippen LogP contribution in [0.5, 0.6) is 0 Å². The van der Waals surface area contributed by atoms with Crippen LogP contribution in [0.1, 0.15) is 30.2 Å². The highest BCUT2D eigenvalue weighted by Gasteiger charge is 2.25. The van der Waals surface area contributed by atoms with E-state index in [1.807, 2.05) is 4.90 Å². The summed E-state index contributed by atoms with van der Waals surface area (Å²) in [6, 6.07) is 5.00. The van der Waals surface area contributed by atoms with E-state index < -0.39 is 5.38 Å². The van der Waals surface area contributed by atoms with E-state index in [4.69, 9.17) is 34.8 Å². The van der Waals surface area contributed by atoms with Gasteiger partial charge in [-0.15, -0.1) is 11.6 Å². The maximum absolute atomic E-state index is 12.2. The fraction of sp³-hybridized carbons (Fsp3) is 0.462. The van der Waals surface area contributed by atoms with E-state index in [0.717, 1.165) is 25.9 Å². The Morgan fingerprint density at radius 1 is 1.06 bits per heavy atom. The van der Waals surface area contributed by atoms with Gasteiger partial charge in [-0.25, -0.2) is 0 Å². The third kappa shape index (κ3) is 3.31. The molecule has 0 aromatic heterocycles. The van der Waals surface area contributed by atoms with Crippen molar-refractivity contribution in [2.75, 3.05) is 13.1 Å². The van der Waals surface area contributed by atoms with Crippen LogP contribution >= 0.6 is 34.8 Å². The first-order valence-electron chi connectivity index (χ1n) is 5.97. The lowest BCUT2D eigenvalue weighted by atomic mass is 10.1. The number of piperidine rings is 1. The molecule has 0 radical (unpaired) electrons. The molecule has 0 aliphatic carbocycles. The zero-order chi connectivity index (χ0) is 13.1. The van der Waals surface area contributed by atoms with Crippen LogP contribution in [0, 0.1) is 0 Å². The van der Waals surface area contributed by atoms with Crippen LogP contribution in [0.2, 0.25) is 10.0 Å². The van der Waals surface area contributed by atoms with Crippen LogP contribution in [0.4, 0.5) is 0 Å². The van der Waals surface area contributed by atoms with Gasteiger partial charge in [-0.1, -0.05) is 23.2 Å². The van der Waals surface area contributed by atoms with Gasteiger partial charge in [0.1, 0.15) is 5.38 Å². The van der Waals surface area contributed by atoms with Crippen molar-refractivity contribution in [1.82, 2.24) is 4.90 Å². The molecule has 2 rings (SSSR count). The Kier molecular flexibility index (Phi) is 4.77. The van der Waals surface area contributed by atoms with Crippen molar-refractivity contribution in [1.29, 1.82) is 0 Å². The molecular formula is C13H14Cl3NO. The maximum Gasteiger partial charge on any atom is 0.245 e. The van der Waals surface area contributed by atoms with Gasteiger partial charge in [0.05, 0.1) is 0 Å². The molecule has 0 bridgehead atoms. The molecule has 1 aromatic rings. The predicted molar refractivity (Wildman–Crippen MR) is 75.5 cm³/mol. The number of likely N-dealkylation sites (tertiary alicyclic amines) is 1. The average molecular weight is 307 g/mol. The van der Waals surface area contributed by atoms with E-state index in [1.54, 1.807) is 18.2 Å². The van der Waals surface area contributed by atoms with E-state index in [-0.39, 0.29) is 5.91 Å². The standard InChI is InChI=1S/C13H14Cl3NO/c14-10-6-9(7-11(15)8-10)12(16)13(18)17-4-2-1-3-5-17/h6-8,12H,1-5H2. The summed E-state index contributed by atoms with van der Waals surface area (Å²) >= 11 is 18.1. The molecule has 1 amide bonds.